The van der Waals surface area contributed by atoms with E-state index in [-0.39, 0.29) is 30.3 Å². The maximum Gasteiger partial charge on any atom is 0.326 e. The maximum absolute atomic E-state index is 12.2. The van der Waals surface area contributed by atoms with Crippen molar-refractivity contribution in [2.75, 3.05) is 18.1 Å². The van der Waals surface area contributed by atoms with Gasteiger partial charge in [0, 0.05) is 12.1 Å². The minimum atomic E-state index is -0.690. The largest absolute Gasteiger partial charge is 0.482 e. The molecule has 0 spiro atoms. The van der Waals surface area contributed by atoms with E-state index in [2.05, 4.69) is 0 Å². The molecular weight excluding hydrogens is 354 g/mol. The van der Waals surface area contributed by atoms with Crippen molar-refractivity contribution in [3.63, 3.8) is 0 Å². The van der Waals surface area contributed by atoms with Crippen molar-refractivity contribution in [3.05, 3.63) is 63.7 Å². The molecule has 1 heterocycles. The quantitative estimate of drug-likeness (QED) is 0.449. The third kappa shape index (κ3) is 4.01. The summed E-state index contributed by atoms with van der Waals surface area (Å²) in [5, 5.41) is 19.8. The minimum absolute atomic E-state index is 0.0608. The van der Waals surface area contributed by atoms with Gasteiger partial charge < -0.3 is 9.47 Å². The molecule has 0 fully saturated rings. The predicted molar refractivity (Wildman–Crippen MR) is 91.9 cm³/mol. The van der Waals surface area contributed by atoms with Crippen molar-refractivity contribution in [1.29, 1.82) is 5.26 Å². The lowest BCUT2D eigenvalue weighted by Crippen LogP contribution is -2.42. The molecule has 0 atom stereocenters. The van der Waals surface area contributed by atoms with Gasteiger partial charge in [0.05, 0.1) is 22.2 Å². The Hall–Kier alpha value is -3.93. The molecule has 0 aromatic heterocycles. The third-order valence-electron chi connectivity index (χ3n) is 3.84. The van der Waals surface area contributed by atoms with Crippen molar-refractivity contribution in [3.8, 4) is 11.8 Å². The lowest BCUT2D eigenvalue weighted by Gasteiger charge is -2.28. The van der Waals surface area contributed by atoms with Crippen LogP contribution in [0, 0.1) is 21.4 Å². The van der Waals surface area contributed by atoms with E-state index in [1.807, 2.05) is 6.07 Å². The number of ether oxygens (including phenoxy) is 2. The Morgan fingerprint density at radius 1 is 1.33 bits per heavy atom. The second-order valence-corrected chi connectivity index (χ2v) is 5.65. The summed E-state index contributed by atoms with van der Waals surface area (Å²) in [5.41, 5.74) is 0.988. The first-order valence-electron chi connectivity index (χ1n) is 7.84. The van der Waals surface area contributed by atoms with E-state index in [0.717, 1.165) is 4.90 Å². The zero-order valence-corrected chi connectivity index (χ0v) is 14.0. The van der Waals surface area contributed by atoms with Crippen LogP contribution in [0.1, 0.15) is 11.1 Å². The third-order valence-corrected chi connectivity index (χ3v) is 3.84. The lowest BCUT2D eigenvalue weighted by molar-refractivity contribution is -0.384. The van der Waals surface area contributed by atoms with E-state index in [1.54, 1.807) is 24.3 Å². The van der Waals surface area contributed by atoms with Gasteiger partial charge in [0.15, 0.2) is 6.61 Å². The Labute approximate surface area is 153 Å². The Bertz CT molecular complexity index is 966. The summed E-state index contributed by atoms with van der Waals surface area (Å²) < 4.78 is 10.4. The van der Waals surface area contributed by atoms with Crippen molar-refractivity contribution in [1.82, 2.24) is 0 Å². The number of nitro benzene ring substituents is 1. The standard InChI is InChI=1S/C18H13N3O6/c19-8-12-2-1-3-13(6-12)10-27-18(23)9-20-15-7-14(21(24)25)4-5-16(15)26-11-17(20)22/h1-7H,9-11H2. The number of hydrogen-bond acceptors (Lipinski definition) is 7. The topological polar surface area (TPSA) is 123 Å². The zero-order chi connectivity index (χ0) is 19.4. The normalized spacial score (nSPS) is 12.6. The van der Waals surface area contributed by atoms with Crippen molar-refractivity contribution in [2.24, 2.45) is 0 Å². The van der Waals surface area contributed by atoms with Crippen LogP contribution in [-0.4, -0.2) is 30.0 Å². The molecule has 2 aromatic carbocycles. The van der Waals surface area contributed by atoms with Crippen LogP contribution in [0.25, 0.3) is 0 Å². The number of rotatable bonds is 5. The number of nitrogens with zero attached hydrogens (tertiary/aromatic N) is 3. The van der Waals surface area contributed by atoms with Gasteiger partial charge in [-0.05, 0) is 23.8 Å². The lowest BCUT2D eigenvalue weighted by atomic mass is 10.1. The van der Waals surface area contributed by atoms with E-state index in [9.17, 15) is 19.7 Å². The molecule has 0 saturated heterocycles. The molecule has 1 amide bonds. The van der Waals surface area contributed by atoms with Crippen molar-refractivity contribution < 1.29 is 24.0 Å². The van der Waals surface area contributed by atoms with Crippen LogP contribution >= 0.6 is 0 Å². The second kappa shape index (κ2) is 7.53. The number of nitriles is 1. The van der Waals surface area contributed by atoms with Gasteiger partial charge in [-0.1, -0.05) is 12.1 Å². The molecule has 2 aromatic rings. The fourth-order valence-electron chi connectivity index (χ4n) is 2.55. The Morgan fingerprint density at radius 3 is 2.89 bits per heavy atom. The molecule has 0 unspecified atom stereocenters. The number of carbonyl (C=O) groups excluding carboxylic acids is 2. The molecule has 1 aliphatic heterocycles. The van der Waals surface area contributed by atoms with E-state index >= 15 is 0 Å². The van der Waals surface area contributed by atoms with Crippen LogP contribution in [0.5, 0.6) is 5.75 Å². The van der Waals surface area contributed by atoms with Gasteiger partial charge in [-0.2, -0.15) is 5.26 Å². The highest BCUT2D eigenvalue weighted by molar-refractivity contribution is 6.01. The molecule has 0 aliphatic carbocycles. The number of carbonyl (C=O) groups is 2. The second-order valence-electron chi connectivity index (χ2n) is 5.65. The van der Waals surface area contributed by atoms with Gasteiger partial charge in [-0.25, -0.2) is 0 Å². The average Bonchev–Trinajstić information content (AvgIpc) is 2.68. The Balaban J connectivity index is 1.72. The number of amides is 1. The van der Waals surface area contributed by atoms with E-state index < -0.39 is 23.3 Å². The minimum Gasteiger partial charge on any atom is -0.482 e. The van der Waals surface area contributed by atoms with Gasteiger partial charge in [-0.3, -0.25) is 24.6 Å². The SMILES string of the molecule is N#Cc1cccc(COC(=O)CN2C(=O)COc3ccc([N+](=O)[O-])cc32)c1. The average molecular weight is 367 g/mol. The summed E-state index contributed by atoms with van der Waals surface area (Å²) >= 11 is 0. The highest BCUT2D eigenvalue weighted by Gasteiger charge is 2.29. The highest BCUT2D eigenvalue weighted by atomic mass is 16.6. The number of fused-ring (bicyclic) bond motifs is 1. The summed E-state index contributed by atoms with van der Waals surface area (Å²) in [4.78, 5) is 35.7. The van der Waals surface area contributed by atoms with Crippen molar-refractivity contribution >= 4 is 23.3 Å². The summed E-state index contributed by atoms with van der Waals surface area (Å²) in [6.45, 7) is -0.745. The first kappa shape index (κ1) is 17.9. The fourth-order valence-corrected chi connectivity index (χ4v) is 2.55. The molecule has 3 rings (SSSR count). The van der Waals surface area contributed by atoms with Gasteiger partial charge in [0.1, 0.15) is 18.9 Å². The van der Waals surface area contributed by atoms with Crippen LogP contribution < -0.4 is 9.64 Å². The molecule has 0 saturated carbocycles. The Kier molecular flexibility index (Phi) is 4.99. The molecule has 0 bridgehead atoms. The molecule has 136 valence electrons. The van der Waals surface area contributed by atoms with E-state index in [1.165, 1.54) is 18.2 Å². The van der Waals surface area contributed by atoms with Gasteiger partial charge in [0.25, 0.3) is 11.6 Å². The molecule has 27 heavy (non-hydrogen) atoms. The fraction of sp³-hybridized carbons (Fsp3) is 0.167. The predicted octanol–water partition coefficient (Wildman–Crippen LogP) is 1.94. The summed E-state index contributed by atoms with van der Waals surface area (Å²) in [6, 6.07) is 12.4. The summed E-state index contributed by atoms with van der Waals surface area (Å²) in [7, 11) is 0. The van der Waals surface area contributed by atoms with Crippen LogP contribution in [0.3, 0.4) is 0 Å². The van der Waals surface area contributed by atoms with Gasteiger partial charge >= 0.3 is 5.97 Å². The Morgan fingerprint density at radius 2 is 2.15 bits per heavy atom. The number of benzene rings is 2. The smallest absolute Gasteiger partial charge is 0.326 e. The number of anilines is 1. The molecule has 9 nitrogen and oxygen atoms in total. The number of esters is 1. The van der Waals surface area contributed by atoms with Crippen LogP contribution in [-0.2, 0) is 20.9 Å². The number of hydrogen-bond donors (Lipinski definition) is 0. The van der Waals surface area contributed by atoms with Crippen LogP contribution in [0.2, 0.25) is 0 Å². The first-order valence-corrected chi connectivity index (χ1v) is 7.84. The summed E-state index contributed by atoms with van der Waals surface area (Å²) in [6.07, 6.45) is 0. The molecule has 0 N–H and O–H groups in total. The van der Waals surface area contributed by atoms with Crippen molar-refractivity contribution in [2.45, 2.75) is 6.61 Å². The van der Waals surface area contributed by atoms with Crippen LogP contribution in [0.4, 0.5) is 11.4 Å². The monoisotopic (exact) mass is 367 g/mol. The molecule has 9 heteroatoms. The molecule has 0 radical (unpaired) electrons. The van der Waals surface area contributed by atoms with E-state index in [0.29, 0.717) is 11.1 Å². The number of non-ortho nitro benzene ring substituents is 1. The van der Waals surface area contributed by atoms with Crippen LogP contribution in [0.15, 0.2) is 42.5 Å². The number of nitro groups is 1. The van der Waals surface area contributed by atoms with Gasteiger partial charge in [0.2, 0.25) is 0 Å². The summed E-state index contributed by atoms with van der Waals surface area (Å²) in [5.74, 6) is -0.925. The molecular formula is C18H13N3O6. The van der Waals surface area contributed by atoms with E-state index in [4.69, 9.17) is 14.7 Å². The zero-order valence-electron chi connectivity index (χ0n) is 14.0. The maximum atomic E-state index is 12.2. The first-order chi connectivity index (χ1) is 13.0. The highest BCUT2D eigenvalue weighted by Crippen LogP contribution is 2.35. The molecule has 1 aliphatic rings. The van der Waals surface area contributed by atoms with Gasteiger partial charge in [-0.15, -0.1) is 0 Å².